The third-order valence-electron chi connectivity index (χ3n) is 5.97. The van der Waals surface area contributed by atoms with Crippen LogP contribution in [0.3, 0.4) is 0 Å². The minimum Gasteiger partial charge on any atom is -0.481 e. The molecular formula is C13H18F3NO2. The molecule has 19 heavy (non-hydrogen) atoms. The van der Waals surface area contributed by atoms with E-state index in [1.165, 1.54) is 0 Å². The van der Waals surface area contributed by atoms with Crippen molar-refractivity contribution in [2.45, 2.75) is 31.9 Å². The number of rotatable bonds is 3. The molecule has 3 fully saturated rings. The predicted molar refractivity (Wildman–Crippen MR) is 61.1 cm³/mol. The molecule has 0 saturated heterocycles. The van der Waals surface area contributed by atoms with Crippen molar-refractivity contribution >= 4 is 5.97 Å². The molecule has 0 heterocycles. The van der Waals surface area contributed by atoms with E-state index in [0.29, 0.717) is 19.3 Å². The van der Waals surface area contributed by atoms with Gasteiger partial charge in [0.2, 0.25) is 0 Å². The molecule has 0 spiro atoms. The second-order valence-electron chi connectivity index (χ2n) is 6.44. The molecule has 3 rings (SSSR count). The number of fused-ring (bicyclic) bond motifs is 1. The minimum absolute atomic E-state index is 0.0768. The number of halogens is 3. The second kappa shape index (κ2) is 3.87. The minimum atomic E-state index is -4.15. The molecule has 0 aliphatic heterocycles. The number of alkyl halides is 3. The molecular weight excluding hydrogens is 259 g/mol. The first-order chi connectivity index (χ1) is 8.81. The van der Waals surface area contributed by atoms with Crippen LogP contribution in [0.1, 0.15) is 25.7 Å². The van der Waals surface area contributed by atoms with Crippen LogP contribution >= 0.6 is 0 Å². The summed E-state index contributed by atoms with van der Waals surface area (Å²) in [7, 11) is 0. The van der Waals surface area contributed by atoms with Gasteiger partial charge in [0, 0.05) is 0 Å². The SMILES string of the molecule is NC[C@@]1(CC(=O)O)[C@@H]2C[C@@H]3CC[C@H]1[C@H]2[C@H]3C(F)(F)F. The van der Waals surface area contributed by atoms with Crippen LogP contribution in [0.15, 0.2) is 0 Å². The third kappa shape index (κ3) is 1.58. The first kappa shape index (κ1) is 13.2. The van der Waals surface area contributed by atoms with Crippen molar-refractivity contribution in [1.29, 1.82) is 0 Å². The number of nitrogens with two attached hydrogens (primary N) is 1. The van der Waals surface area contributed by atoms with Crippen molar-refractivity contribution in [3.63, 3.8) is 0 Å². The largest absolute Gasteiger partial charge is 0.481 e. The van der Waals surface area contributed by atoms with Gasteiger partial charge in [-0.15, -0.1) is 0 Å². The number of hydrogen-bond acceptors (Lipinski definition) is 2. The average molecular weight is 277 g/mol. The van der Waals surface area contributed by atoms with Gasteiger partial charge in [0.15, 0.2) is 0 Å². The summed E-state index contributed by atoms with van der Waals surface area (Å²) < 4.78 is 39.4. The van der Waals surface area contributed by atoms with Crippen LogP contribution in [-0.2, 0) is 4.79 Å². The Labute approximate surface area is 109 Å². The summed E-state index contributed by atoms with van der Waals surface area (Å²) in [6, 6.07) is 0. The van der Waals surface area contributed by atoms with Crippen molar-refractivity contribution in [1.82, 2.24) is 0 Å². The Morgan fingerprint density at radius 3 is 2.53 bits per heavy atom. The summed E-state index contributed by atoms with van der Waals surface area (Å²) in [5.74, 6) is -3.13. The number of carbonyl (C=O) groups is 1. The van der Waals surface area contributed by atoms with Gasteiger partial charge in [-0.05, 0) is 54.9 Å². The van der Waals surface area contributed by atoms with E-state index in [-0.39, 0.29) is 36.6 Å². The highest BCUT2D eigenvalue weighted by Gasteiger charge is 2.73. The van der Waals surface area contributed by atoms with Gasteiger partial charge in [0.1, 0.15) is 0 Å². The smallest absolute Gasteiger partial charge is 0.392 e. The predicted octanol–water partition coefficient (Wildman–Crippen LogP) is 2.26. The maximum absolute atomic E-state index is 13.1. The average Bonchev–Trinajstić information content (AvgIpc) is 2.43. The lowest BCUT2D eigenvalue weighted by atomic mass is 9.43. The van der Waals surface area contributed by atoms with E-state index >= 15 is 0 Å². The van der Waals surface area contributed by atoms with Gasteiger partial charge in [-0.1, -0.05) is 0 Å². The van der Waals surface area contributed by atoms with Gasteiger partial charge < -0.3 is 10.8 Å². The fourth-order valence-electron chi connectivity index (χ4n) is 5.46. The topological polar surface area (TPSA) is 63.3 Å². The van der Waals surface area contributed by atoms with Gasteiger partial charge in [-0.2, -0.15) is 13.2 Å². The summed E-state index contributed by atoms with van der Waals surface area (Å²) in [6.07, 6.45) is -2.43. The van der Waals surface area contributed by atoms with Crippen LogP contribution in [0.2, 0.25) is 0 Å². The highest BCUT2D eigenvalue weighted by atomic mass is 19.4. The molecule has 6 atom stereocenters. The maximum atomic E-state index is 13.1. The fraction of sp³-hybridized carbons (Fsp3) is 0.923. The Kier molecular flexibility index (Phi) is 2.69. The lowest BCUT2D eigenvalue weighted by Gasteiger charge is -2.61. The second-order valence-corrected chi connectivity index (χ2v) is 6.44. The van der Waals surface area contributed by atoms with E-state index in [4.69, 9.17) is 10.8 Å². The highest BCUT2D eigenvalue weighted by molar-refractivity contribution is 5.68. The van der Waals surface area contributed by atoms with Gasteiger partial charge in [-0.25, -0.2) is 0 Å². The molecule has 3 aliphatic carbocycles. The van der Waals surface area contributed by atoms with Crippen molar-refractivity contribution < 1.29 is 23.1 Å². The molecule has 108 valence electrons. The standard InChI is InChI=1S/C13H18F3NO2/c14-13(15,16)11-6-1-2-7-10(11)8(3-6)12(7,5-17)4-9(18)19/h6-8,10-11H,1-5,17H2,(H,18,19)/t6-,7-,8+,10+,11-,12+/m0/s1. The van der Waals surface area contributed by atoms with Gasteiger partial charge >= 0.3 is 12.1 Å². The number of aliphatic carboxylic acids is 1. The Hall–Kier alpha value is -0.780. The van der Waals surface area contributed by atoms with Crippen molar-refractivity contribution in [3.05, 3.63) is 0 Å². The summed E-state index contributed by atoms with van der Waals surface area (Å²) in [5.41, 5.74) is 5.19. The van der Waals surface area contributed by atoms with Gasteiger partial charge in [0.25, 0.3) is 0 Å². The van der Waals surface area contributed by atoms with Crippen LogP contribution in [0, 0.1) is 35.0 Å². The molecule has 0 aromatic rings. The number of hydrogen-bond donors (Lipinski definition) is 2. The molecule has 2 bridgehead atoms. The van der Waals surface area contributed by atoms with Crippen molar-refractivity contribution in [3.8, 4) is 0 Å². The van der Waals surface area contributed by atoms with E-state index in [1.54, 1.807) is 0 Å². The van der Waals surface area contributed by atoms with Gasteiger partial charge in [0.05, 0.1) is 12.3 Å². The Bertz CT molecular complexity index is 403. The summed E-state index contributed by atoms with van der Waals surface area (Å²) in [5, 5.41) is 9.04. The van der Waals surface area contributed by atoms with Crippen LogP contribution in [0.25, 0.3) is 0 Å². The Morgan fingerprint density at radius 1 is 1.32 bits per heavy atom. The zero-order valence-electron chi connectivity index (χ0n) is 10.5. The first-order valence-corrected chi connectivity index (χ1v) is 6.80. The molecule has 0 unspecified atom stereocenters. The lowest BCUT2D eigenvalue weighted by Crippen LogP contribution is -2.62. The van der Waals surface area contributed by atoms with E-state index in [0.717, 1.165) is 0 Å². The summed E-state index contributed by atoms with van der Waals surface area (Å²) >= 11 is 0. The fourth-order valence-corrected chi connectivity index (χ4v) is 5.46. The Balaban J connectivity index is 1.91. The Morgan fingerprint density at radius 2 is 2.00 bits per heavy atom. The summed E-state index contributed by atoms with van der Waals surface area (Å²) in [4.78, 5) is 11.0. The first-order valence-electron chi connectivity index (χ1n) is 6.80. The zero-order valence-corrected chi connectivity index (χ0v) is 10.5. The molecule has 3 saturated carbocycles. The van der Waals surface area contributed by atoms with E-state index in [1.807, 2.05) is 0 Å². The van der Waals surface area contributed by atoms with Crippen molar-refractivity contribution in [2.75, 3.05) is 6.54 Å². The maximum Gasteiger partial charge on any atom is 0.392 e. The van der Waals surface area contributed by atoms with Crippen molar-refractivity contribution in [2.24, 2.45) is 40.7 Å². The van der Waals surface area contributed by atoms with Crippen LogP contribution in [0.4, 0.5) is 13.2 Å². The highest BCUT2D eigenvalue weighted by Crippen LogP contribution is 2.74. The van der Waals surface area contributed by atoms with Gasteiger partial charge in [-0.3, -0.25) is 4.79 Å². The van der Waals surface area contributed by atoms with Crippen LogP contribution in [0.5, 0.6) is 0 Å². The van der Waals surface area contributed by atoms with E-state index in [9.17, 15) is 18.0 Å². The van der Waals surface area contributed by atoms with Crippen LogP contribution in [-0.4, -0.2) is 23.8 Å². The molecule has 0 aromatic carbocycles. The molecule has 6 heteroatoms. The zero-order chi connectivity index (χ0) is 14.0. The normalized spacial score (nSPS) is 47.9. The monoisotopic (exact) mass is 277 g/mol. The number of carboxylic acid groups (broad SMARTS) is 1. The molecule has 3 aliphatic rings. The molecule has 0 aromatic heterocycles. The lowest BCUT2D eigenvalue weighted by molar-refractivity contribution is -0.243. The molecule has 0 radical (unpaired) electrons. The molecule has 0 amide bonds. The molecule has 3 nitrogen and oxygen atoms in total. The summed E-state index contributed by atoms with van der Waals surface area (Å²) in [6.45, 7) is 0.197. The van der Waals surface area contributed by atoms with Crippen LogP contribution < -0.4 is 5.73 Å². The number of carboxylic acids is 1. The van der Waals surface area contributed by atoms with E-state index < -0.39 is 23.5 Å². The quantitative estimate of drug-likeness (QED) is 0.831. The van der Waals surface area contributed by atoms with E-state index in [2.05, 4.69) is 0 Å². The third-order valence-corrected chi connectivity index (χ3v) is 5.97. The molecule has 3 N–H and O–H groups in total.